The molecular formula is C13H23N3O3. The van der Waals surface area contributed by atoms with Crippen LogP contribution in [-0.2, 0) is 14.3 Å². The molecule has 0 aromatic rings. The first-order valence-corrected chi connectivity index (χ1v) is 7.04. The van der Waals surface area contributed by atoms with Gasteiger partial charge in [0, 0.05) is 26.3 Å². The molecule has 2 heterocycles. The van der Waals surface area contributed by atoms with Gasteiger partial charge in [-0.25, -0.2) is 0 Å². The molecule has 4 N–H and O–H groups in total. The third kappa shape index (κ3) is 3.25. The van der Waals surface area contributed by atoms with Gasteiger partial charge in [-0.1, -0.05) is 0 Å². The molecule has 6 nitrogen and oxygen atoms in total. The lowest BCUT2D eigenvalue weighted by Gasteiger charge is -2.35. The number of ether oxygens (including phenoxy) is 1. The van der Waals surface area contributed by atoms with Crippen LogP contribution >= 0.6 is 0 Å². The number of nitrogens with one attached hydrogen (secondary N) is 2. The summed E-state index contributed by atoms with van der Waals surface area (Å²) in [5.41, 5.74) is 5.23. The maximum Gasteiger partial charge on any atom is 0.242 e. The van der Waals surface area contributed by atoms with Gasteiger partial charge in [-0.15, -0.1) is 0 Å². The third-order valence-electron chi connectivity index (χ3n) is 4.16. The van der Waals surface area contributed by atoms with Gasteiger partial charge in [-0.05, 0) is 32.1 Å². The first-order valence-electron chi connectivity index (χ1n) is 7.04. The largest absolute Gasteiger partial charge is 0.381 e. The van der Waals surface area contributed by atoms with Crippen LogP contribution in [0.4, 0.5) is 0 Å². The summed E-state index contributed by atoms with van der Waals surface area (Å²) in [6.07, 6.45) is 3.87. The Hall–Kier alpha value is -1.14. The predicted molar refractivity (Wildman–Crippen MR) is 70.3 cm³/mol. The second-order valence-corrected chi connectivity index (χ2v) is 5.41. The number of rotatable bonds is 3. The number of carbonyl (C=O) groups is 2. The molecule has 2 amide bonds. The van der Waals surface area contributed by atoms with Gasteiger partial charge in [0.25, 0.3) is 0 Å². The minimum Gasteiger partial charge on any atom is -0.381 e. The van der Waals surface area contributed by atoms with Gasteiger partial charge in [-0.2, -0.15) is 0 Å². The number of hydrogen-bond donors (Lipinski definition) is 3. The summed E-state index contributed by atoms with van der Waals surface area (Å²) in [6, 6.07) is -0.415. The monoisotopic (exact) mass is 269 g/mol. The van der Waals surface area contributed by atoms with Crippen LogP contribution < -0.4 is 16.4 Å². The second-order valence-electron chi connectivity index (χ2n) is 5.41. The topological polar surface area (TPSA) is 93.5 Å². The van der Waals surface area contributed by atoms with Gasteiger partial charge in [0.15, 0.2) is 0 Å². The Morgan fingerprint density at radius 2 is 2.16 bits per heavy atom. The first kappa shape index (κ1) is 14.3. The number of amides is 2. The molecule has 2 saturated heterocycles. The summed E-state index contributed by atoms with van der Waals surface area (Å²) in [6.45, 7) is 2.11. The molecule has 0 aromatic carbocycles. The highest BCUT2D eigenvalue weighted by molar-refractivity contribution is 5.90. The molecule has 0 radical (unpaired) electrons. The van der Waals surface area contributed by atoms with Crippen molar-refractivity contribution in [3.8, 4) is 0 Å². The summed E-state index contributed by atoms with van der Waals surface area (Å²) >= 11 is 0. The third-order valence-corrected chi connectivity index (χ3v) is 4.16. The van der Waals surface area contributed by atoms with Crippen LogP contribution in [0.5, 0.6) is 0 Å². The Morgan fingerprint density at radius 3 is 2.84 bits per heavy atom. The van der Waals surface area contributed by atoms with Crippen molar-refractivity contribution >= 4 is 11.8 Å². The molecule has 0 bridgehead atoms. The van der Waals surface area contributed by atoms with E-state index in [0.29, 0.717) is 45.6 Å². The summed E-state index contributed by atoms with van der Waals surface area (Å²) in [4.78, 5) is 24.3. The standard InChI is InChI=1S/C13H23N3O3/c14-9-13(4-7-19-8-5-13)12(18)16-10-3-1-2-6-15-11(10)17/h10H,1-9,14H2,(H,15,17)(H,16,18). The Bertz CT molecular complexity index is 340. The molecule has 1 atom stereocenters. The minimum absolute atomic E-state index is 0.0786. The van der Waals surface area contributed by atoms with Crippen LogP contribution in [0, 0.1) is 5.41 Å². The van der Waals surface area contributed by atoms with Crippen LogP contribution in [-0.4, -0.2) is 44.2 Å². The van der Waals surface area contributed by atoms with E-state index in [2.05, 4.69) is 10.6 Å². The summed E-state index contributed by atoms with van der Waals surface area (Å²) in [7, 11) is 0. The fraction of sp³-hybridized carbons (Fsp3) is 0.846. The van der Waals surface area contributed by atoms with Crippen molar-refractivity contribution < 1.29 is 14.3 Å². The van der Waals surface area contributed by atoms with Crippen molar-refractivity contribution in [2.75, 3.05) is 26.3 Å². The molecule has 6 heteroatoms. The van der Waals surface area contributed by atoms with Crippen LogP contribution in [0.1, 0.15) is 32.1 Å². The van der Waals surface area contributed by atoms with E-state index in [1.165, 1.54) is 0 Å². The van der Waals surface area contributed by atoms with E-state index in [1.807, 2.05) is 0 Å². The van der Waals surface area contributed by atoms with E-state index in [0.717, 1.165) is 12.8 Å². The van der Waals surface area contributed by atoms with E-state index >= 15 is 0 Å². The number of hydrogen-bond acceptors (Lipinski definition) is 4. The van der Waals surface area contributed by atoms with Crippen molar-refractivity contribution in [3.05, 3.63) is 0 Å². The van der Waals surface area contributed by atoms with Gasteiger partial charge >= 0.3 is 0 Å². The molecule has 1 unspecified atom stereocenters. The number of nitrogens with two attached hydrogens (primary N) is 1. The zero-order chi connectivity index (χ0) is 13.7. The fourth-order valence-corrected chi connectivity index (χ4v) is 2.67. The predicted octanol–water partition coefficient (Wildman–Crippen LogP) is -0.473. The Labute approximate surface area is 113 Å². The minimum atomic E-state index is -0.565. The lowest BCUT2D eigenvalue weighted by Crippen LogP contribution is -2.54. The first-order chi connectivity index (χ1) is 9.18. The zero-order valence-electron chi connectivity index (χ0n) is 11.2. The molecule has 19 heavy (non-hydrogen) atoms. The van der Waals surface area contributed by atoms with E-state index in [4.69, 9.17) is 10.5 Å². The lowest BCUT2D eigenvalue weighted by molar-refractivity contribution is -0.139. The molecule has 2 aliphatic rings. The molecule has 0 aliphatic carbocycles. The normalized spacial score (nSPS) is 27.2. The zero-order valence-corrected chi connectivity index (χ0v) is 11.2. The van der Waals surface area contributed by atoms with Gasteiger partial charge in [0.1, 0.15) is 6.04 Å². The maximum absolute atomic E-state index is 12.5. The van der Waals surface area contributed by atoms with E-state index in [1.54, 1.807) is 0 Å². The molecule has 0 saturated carbocycles. The Kier molecular flexibility index (Phi) is 4.76. The Balaban J connectivity index is 1.99. The van der Waals surface area contributed by atoms with E-state index in [-0.39, 0.29) is 11.8 Å². The number of carbonyl (C=O) groups excluding carboxylic acids is 2. The molecule has 108 valence electrons. The lowest BCUT2D eigenvalue weighted by atomic mass is 9.79. The molecular weight excluding hydrogens is 246 g/mol. The quantitative estimate of drug-likeness (QED) is 0.645. The van der Waals surface area contributed by atoms with Gasteiger partial charge in [0.05, 0.1) is 5.41 Å². The van der Waals surface area contributed by atoms with Crippen LogP contribution in [0.25, 0.3) is 0 Å². The van der Waals surface area contributed by atoms with Crippen molar-refractivity contribution in [1.82, 2.24) is 10.6 Å². The van der Waals surface area contributed by atoms with Gasteiger partial charge in [0.2, 0.25) is 11.8 Å². The summed E-state index contributed by atoms with van der Waals surface area (Å²) < 4.78 is 5.29. The highest BCUT2D eigenvalue weighted by atomic mass is 16.5. The highest BCUT2D eigenvalue weighted by Gasteiger charge is 2.40. The van der Waals surface area contributed by atoms with E-state index < -0.39 is 11.5 Å². The molecule has 2 fully saturated rings. The summed E-state index contributed by atoms with van der Waals surface area (Å²) in [5, 5.41) is 5.71. The van der Waals surface area contributed by atoms with Crippen molar-refractivity contribution in [1.29, 1.82) is 0 Å². The van der Waals surface area contributed by atoms with Crippen molar-refractivity contribution in [2.45, 2.75) is 38.1 Å². The molecule has 2 aliphatic heterocycles. The fourth-order valence-electron chi connectivity index (χ4n) is 2.67. The summed E-state index contributed by atoms with van der Waals surface area (Å²) in [5.74, 6) is -0.176. The average molecular weight is 269 g/mol. The smallest absolute Gasteiger partial charge is 0.242 e. The molecule has 0 aromatic heterocycles. The maximum atomic E-state index is 12.5. The molecule has 0 spiro atoms. The van der Waals surface area contributed by atoms with Crippen molar-refractivity contribution in [3.63, 3.8) is 0 Å². The van der Waals surface area contributed by atoms with Crippen LogP contribution in [0.3, 0.4) is 0 Å². The van der Waals surface area contributed by atoms with E-state index in [9.17, 15) is 9.59 Å². The second kappa shape index (κ2) is 6.34. The van der Waals surface area contributed by atoms with Crippen LogP contribution in [0.15, 0.2) is 0 Å². The highest BCUT2D eigenvalue weighted by Crippen LogP contribution is 2.29. The van der Waals surface area contributed by atoms with Gasteiger partial charge in [-0.3, -0.25) is 9.59 Å². The van der Waals surface area contributed by atoms with Crippen molar-refractivity contribution in [2.24, 2.45) is 11.1 Å². The SMILES string of the molecule is NCC1(C(=O)NC2CCCCNC2=O)CCOCC1. The van der Waals surface area contributed by atoms with Gasteiger partial charge < -0.3 is 21.1 Å². The van der Waals surface area contributed by atoms with Crippen LogP contribution in [0.2, 0.25) is 0 Å². The average Bonchev–Trinajstić information content (AvgIpc) is 2.65. The Morgan fingerprint density at radius 1 is 1.42 bits per heavy atom. The molecule has 2 rings (SSSR count).